The van der Waals surface area contributed by atoms with Crippen LogP contribution in [0.4, 0.5) is 5.69 Å². The van der Waals surface area contributed by atoms with Crippen molar-refractivity contribution in [1.29, 1.82) is 0 Å². The van der Waals surface area contributed by atoms with Crippen LogP contribution in [0.25, 0.3) is 10.8 Å². The number of sulfonamides is 1. The van der Waals surface area contributed by atoms with E-state index in [1.54, 1.807) is 10.4 Å². The first-order valence-corrected chi connectivity index (χ1v) is 9.57. The van der Waals surface area contributed by atoms with Crippen LogP contribution in [0.2, 0.25) is 0 Å². The van der Waals surface area contributed by atoms with Gasteiger partial charge in [0, 0.05) is 11.4 Å². The second-order valence-electron chi connectivity index (χ2n) is 6.13. The fraction of sp³-hybridized carbons (Fsp3) is 0.444. The summed E-state index contributed by atoms with van der Waals surface area (Å²) in [6.45, 7) is 4.21. The van der Waals surface area contributed by atoms with Crippen molar-refractivity contribution in [2.75, 3.05) is 4.31 Å². The number of hydrogen-bond acceptors (Lipinski definition) is 2. The van der Waals surface area contributed by atoms with Crippen molar-refractivity contribution in [2.45, 2.75) is 56.9 Å². The Morgan fingerprint density at radius 2 is 1.77 bits per heavy atom. The molecule has 0 radical (unpaired) electrons. The van der Waals surface area contributed by atoms with Crippen molar-refractivity contribution in [3.8, 4) is 0 Å². The third kappa shape index (κ3) is 2.39. The summed E-state index contributed by atoms with van der Waals surface area (Å²) in [6.07, 6.45) is 5.57. The molecule has 0 amide bonds. The van der Waals surface area contributed by atoms with Crippen LogP contribution in [-0.2, 0) is 10.0 Å². The summed E-state index contributed by atoms with van der Waals surface area (Å²) in [5.41, 5.74) is 0.844. The lowest BCUT2D eigenvalue weighted by atomic mass is 10.1. The molecule has 118 valence electrons. The molecule has 0 fully saturated rings. The quantitative estimate of drug-likeness (QED) is 0.724. The molecule has 2 aromatic rings. The van der Waals surface area contributed by atoms with Crippen LogP contribution < -0.4 is 4.31 Å². The molecule has 0 saturated carbocycles. The van der Waals surface area contributed by atoms with Gasteiger partial charge in [-0.1, -0.05) is 56.9 Å². The van der Waals surface area contributed by atoms with Crippen molar-refractivity contribution in [3.05, 3.63) is 36.4 Å². The van der Waals surface area contributed by atoms with Crippen LogP contribution in [-0.4, -0.2) is 14.5 Å². The molecule has 1 aliphatic heterocycles. The van der Waals surface area contributed by atoms with Gasteiger partial charge in [-0.3, -0.25) is 4.31 Å². The highest BCUT2D eigenvalue weighted by Gasteiger charge is 2.37. The molecule has 0 spiro atoms. The summed E-state index contributed by atoms with van der Waals surface area (Å²) in [6, 6.07) is 11.4. The molecular formula is C18H23NO2S. The van der Waals surface area contributed by atoms with E-state index in [4.69, 9.17) is 0 Å². The molecule has 0 bridgehead atoms. The summed E-state index contributed by atoms with van der Waals surface area (Å²) < 4.78 is 27.5. The first-order chi connectivity index (χ1) is 10.6. The number of benzene rings is 2. The van der Waals surface area contributed by atoms with Crippen LogP contribution >= 0.6 is 0 Å². The molecule has 22 heavy (non-hydrogen) atoms. The zero-order chi connectivity index (χ0) is 15.7. The molecule has 1 unspecified atom stereocenters. The molecular weight excluding hydrogens is 294 g/mol. The van der Waals surface area contributed by atoms with Gasteiger partial charge in [0.1, 0.15) is 0 Å². The molecule has 1 heterocycles. The molecule has 3 nitrogen and oxygen atoms in total. The highest BCUT2D eigenvalue weighted by molar-refractivity contribution is 7.93. The van der Waals surface area contributed by atoms with Gasteiger partial charge < -0.3 is 0 Å². The van der Waals surface area contributed by atoms with E-state index < -0.39 is 10.0 Å². The van der Waals surface area contributed by atoms with E-state index in [0.29, 0.717) is 4.90 Å². The van der Waals surface area contributed by atoms with Gasteiger partial charge in [-0.2, -0.15) is 0 Å². The molecule has 0 N–H and O–H groups in total. The average molecular weight is 317 g/mol. The number of hydrogen-bond donors (Lipinski definition) is 0. The maximum absolute atomic E-state index is 12.9. The van der Waals surface area contributed by atoms with E-state index in [2.05, 4.69) is 6.92 Å². The minimum absolute atomic E-state index is 0.000133. The lowest BCUT2D eigenvalue weighted by Crippen LogP contribution is -2.35. The van der Waals surface area contributed by atoms with Gasteiger partial charge in [-0.05, 0) is 30.9 Å². The normalized spacial score (nSPS) is 17.1. The molecule has 3 rings (SSSR count). The number of nitrogens with zero attached hydrogens (tertiary/aromatic N) is 1. The molecule has 0 aliphatic carbocycles. The summed E-state index contributed by atoms with van der Waals surface area (Å²) in [5.74, 6) is 0. The van der Waals surface area contributed by atoms with Crippen molar-refractivity contribution in [1.82, 2.24) is 0 Å². The molecule has 0 saturated heterocycles. The van der Waals surface area contributed by atoms with E-state index in [1.165, 1.54) is 19.3 Å². The summed E-state index contributed by atoms with van der Waals surface area (Å²) in [7, 11) is -3.41. The number of anilines is 1. The Morgan fingerprint density at radius 1 is 1.05 bits per heavy atom. The predicted molar refractivity (Wildman–Crippen MR) is 91.8 cm³/mol. The Labute approximate surface area is 133 Å². The minimum atomic E-state index is -3.41. The Kier molecular flexibility index (Phi) is 4.13. The van der Waals surface area contributed by atoms with Crippen molar-refractivity contribution < 1.29 is 8.42 Å². The number of rotatable bonds is 6. The molecule has 1 atom stereocenters. The van der Waals surface area contributed by atoms with Crippen LogP contribution in [0.15, 0.2) is 41.3 Å². The fourth-order valence-corrected chi connectivity index (χ4v) is 5.31. The smallest absolute Gasteiger partial charge is 0.263 e. The van der Waals surface area contributed by atoms with Crippen LogP contribution in [0.3, 0.4) is 0 Å². The fourth-order valence-electron chi connectivity index (χ4n) is 3.38. The van der Waals surface area contributed by atoms with E-state index in [9.17, 15) is 8.42 Å². The molecule has 2 aromatic carbocycles. The van der Waals surface area contributed by atoms with Crippen molar-refractivity contribution in [3.63, 3.8) is 0 Å². The maximum atomic E-state index is 12.9. The SMILES string of the molecule is CCCCCCC(C)N1c2cccc3cccc(c23)S1(=O)=O. The summed E-state index contributed by atoms with van der Waals surface area (Å²) >= 11 is 0. The van der Waals surface area contributed by atoms with Crippen molar-refractivity contribution in [2.24, 2.45) is 0 Å². The first-order valence-electron chi connectivity index (χ1n) is 8.13. The highest BCUT2D eigenvalue weighted by Crippen LogP contribution is 2.43. The van der Waals surface area contributed by atoms with E-state index in [1.807, 2.05) is 37.3 Å². The Balaban J connectivity index is 1.95. The third-order valence-electron chi connectivity index (χ3n) is 4.49. The lowest BCUT2D eigenvalue weighted by molar-refractivity contribution is 0.552. The van der Waals surface area contributed by atoms with Gasteiger partial charge in [0.2, 0.25) is 0 Å². The van der Waals surface area contributed by atoms with Crippen LogP contribution in [0, 0.1) is 0 Å². The standard InChI is InChI=1S/C18H23NO2S/c1-3-4-5-6-9-14(2)19-16-12-7-10-15-11-8-13-17(18(15)16)22(19,20)21/h7-8,10-14H,3-6,9H2,1-2H3. The second kappa shape index (κ2) is 5.92. The van der Waals surface area contributed by atoms with Gasteiger partial charge in [-0.15, -0.1) is 0 Å². The van der Waals surface area contributed by atoms with E-state index in [-0.39, 0.29) is 6.04 Å². The average Bonchev–Trinajstić information content (AvgIpc) is 2.74. The molecule has 1 aliphatic rings. The van der Waals surface area contributed by atoms with Gasteiger partial charge in [-0.25, -0.2) is 8.42 Å². The Morgan fingerprint density at radius 3 is 2.50 bits per heavy atom. The minimum Gasteiger partial charge on any atom is -0.263 e. The predicted octanol–water partition coefficient (Wildman–Crippen LogP) is 4.71. The summed E-state index contributed by atoms with van der Waals surface area (Å²) in [4.78, 5) is 0.459. The topological polar surface area (TPSA) is 37.4 Å². The zero-order valence-corrected chi connectivity index (χ0v) is 14.1. The van der Waals surface area contributed by atoms with Crippen molar-refractivity contribution >= 4 is 26.5 Å². The van der Waals surface area contributed by atoms with Gasteiger partial charge >= 0.3 is 0 Å². The van der Waals surface area contributed by atoms with Crippen LogP contribution in [0.5, 0.6) is 0 Å². The largest absolute Gasteiger partial charge is 0.265 e. The first kappa shape index (κ1) is 15.3. The van der Waals surface area contributed by atoms with Crippen LogP contribution in [0.1, 0.15) is 46.0 Å². The lowest BCUT2D eigenvalue weighted by Gasteiger charge is -2.26. The zero-order valence-electron chi connectivity index (χ0n) is 13.2. The van der Waals surface area contributed by atoms with Gasteiger partial charge in [0.25, 0.3) is 10.0 Å². The van der Waals surface area contributed by atoms with Gasteiger partial charge in [0.15, 0.2) is 0 Å². The monoisotopic (exact) mass is 317 g/mol. The Bertz CT molecular complexity index is 778. The second-order valence-corrected chi connectivity index (χ2v) is 7.91. The van der Waals surface area contributed by atoms with Gasteiger partial charge in [0.05, 0.1) is 10.6 Å². The Hall–Kier alpha value is -1.55. The third-order valence-corrected chi connectivity index (χ3v) is 6.47. The molecule has 4 heteroatoms. The summed E-state index contributed by atoms with van der Waals surface area (Å²) in [5, 5.41) is 1.88. The molecule has 0 aromatic heterocycles. The highest BCUT2D eigenvalue weighted by atomic mass is 32.2. The van der Waals surface area contributed by atoms with E-state index >= 15 is 0 Å². The van der Waals surface area contributed by atoms with E-state index in [0.717, 1.165) is 29.3 Å². The number of unbranched alkanes of at least 4 members (excludes halogenated alkanes) is 3. The maximum Gasteiger partial charge on any atom is 0.265 e.